The Balaban J connectivity index is 0.000000153. The van der Waals surface area contributed by atoms with E-state index >= 15 is 0 Å². The molecule has 0 atom stereocenters. The van der Waals surface area contributed by atoms with Crippen molar-refractivity contribution >= 4 is 65.7 Å². The molecule has 0 unspecified atom stereocenters. The molecule has 0 amide bonds. The van der Waals surface area contributed by atoms with Crippen molar-refractivity contribution in [2.75, 3.05) is 0 Å². The van der Waals surface area contributed by atoms with Crippen LogP contribution in [0.2, 0.25) is 0 Å². The molecule has 0 fully saturated rings. The number of rotatable bonds is 4. The smallest absolute Gasteiger partial charge is 0.254 e. The fraction of sp³-hybridized carbons (Fsp3) is 0.273. The maximum absolute atomic E-state index is 5.14. The van der Waals surface area contributed by atoms with Gasteiger partial charge in [0, 0.05) is 91.9 Å². The molecule has 2 aromatic carbocycles. The van der Waals surface area contributed by atoms with E-state index in [1.165, 1.54) is 89.0 Å². The van der Waals surface area contributed by atoms with Crippen molar-refractivity contribution in [1.82, 2.24) is 69.8 Å². The van der Waals surface area contributed by atoms with Crippen LogP contribution in [-0.2, 0) is 39.0 Å². The van der Waals surface area contributed by atoms with Crippen molar-refractivity contribution in [3.05, 3.63) is 256 Å². The predicted molar refractivity (Wildman–Crippen MR) is 422 cm³/mol. The molecule has 104 heavy (non-hydrogen) atoms. The minimum atomic E-state index is 0. The SMILES string of the molecule is Cc1cc(C)c(-c2nc(C)c(C)cc2C)nc1C.Cc1cc(C)c(-c2nc(C)c(C)cc2C)nc1C.Cc1cc(C)c(-c2nc(C)c(C)cc2C)nc1C.Cc1cc(C)c(-c2nc(C)c(C)cc2C)nc1C.[Ru+2].[Ru+2].c1cnc2c(c1)c1nc3c4cccnc4c4ncccc4c3nc1c1cccnc12. The molecule has 13 heterocycles. The van der Waals surface area contributed by atoms with Crippen molar-refractivity contribution < 1.29 is 39.0 Å². The quantitative estimate of drug-likeness (QED) is 0.0922. The van der Waals surface area contributed by atoms with Crippen molar-refractivity contribution in [3.63, 3.8) is 0 Å². The maximum atomic E-state index is 5.14. The summed E-state index contributed by atoms with van der Waals surface area (Å²) in [6.07, 6.45) is 7.15. The van der Waals surface area contributed by atoms with Gasteiger partial charge in [0.25, 0.3) is 0 Å². The van der Waals surface area contributed by atoms with Crippen molar-refractivity contribution in [2.45, 2.75) is 166 Å². The van der Waals surface area contributed by atoms with Crippen LogP contribution < -0.4 is 0 Å². The molecular formula is C88H92N14Ru2+4. The summed E-state index contributed by atoms with van der Waals surface area (Å²) in [5, 5.41) is 3.76. The van der Waals surface area contributed by atoms with E-state index in [9.17, 15) is 0 Å². The van der Waals surface area contributed by atoms with Gasteiger partial charge in [-0.25, -0.2) is 9.97 Å². The summed E-state index contributed by atoms with van der Waals surface area (Å²) in [4.78, 5) is 66.4. The van der Waals surface area contributed by atoms with Crippen LogP contribution in [0.3, 0.4) is 0 Å². The molecule has 0 aliphatic carbocycles. The molecule has 14 nitrogen and oxygen atoms in total. The van der Waals surface area contributed by atoms with Gasteiger partial charge in [-0.3, -0.25) is 59.8 Å². The number of hydrogen-bond acceptors (Lipinski definition) is 14. The van der Waals surface area contributed by atoms with Gasteiger partial charge < -0.3 is 0 Å². The number of aryl methyl sites for hydroxylation is 24. The van der Waals surface area contributed by atoms with Gasteiger partial charge in [-0.15, -0.1) is 0 Å². The molecule has 0 radical (unpaired) electrons. The van der Waals surface area contributed by atoms with E-state index in [0.717, 1.165) is 157 Å². The standard InChI is InChI=1S/C24H12N6.4C16H20N2.2Ru/c1-5-13-17(25-9-1)18-14(6-2-10-26-18)22-21(13)29-23-15-7-3-11-27-19(15)20-16(24(23)30-22)8-4-12-28-20;4*1-9-7-11(3)15(17-13(9)5)16-12(4)8-10(2)14(6)18-16;;/h1-12H;4*7-8H,1-6H3;;/q;;;;;2*+2. The second-order valence-electron chi connectivity index (χ2n) is 27.7. The molecule has 0 saturated heterocycles. The summed E-state index contributed by atoms with van der Waals surface area (Å²) in [6, 6.07) is 33.3. The average molecular weight is 1550 g/mol. The molecule has 0 aliphatic heterocycles. The average Bonchev–Trinajstić information content (AvgIpc) is 0.717. The first-order valence-electron chi connectivity index (χ1n) is 34.8. The van der Waals surface area contributed by atoms with Crippen LogP contribution in [0.4, 0.5) is 0 Å². The van der Waals surface area contributed by atoms with Gasteiger partial charge in [-0.1, -0.05) is 48.5 Å². The maximum Gasteiger partial charge on any atom is 2.00 e. The molecule has 0 N–H and O–H groups in total. The van der Waals surface area contributed by atoms with Gasteiger partial charge in [0.05, 0.1) is 89.7 Å². The van der Waals surface area contributed by atoms with Crippen molar-refractivity contribution in [2.24, 2.45) is 0 Å². The second kappa shape index (κ2) is 32.4. The number of hydrogen-bond donors (Lipinski definition) is 0. The van der Waals surface area contributed by atoms with Gasteiger partial charge in [0.1, 0.15) is 0 Å². The van der Waals surface area contributed by atoms with E-state index in [2.05, 4.69) is 235 Å². The Morgan fingerprint density at radius 1 is 0.163 bits per heavy atom. The van der Waals surface area contributed by atoms with Crippen LogP contribution in [0.1, 0.15) is 135 Å². The first-order valence-corrected chi connectivity index (χ1v) is 34.8. The monoisotopic (exact) mass is 1550 g/mol. The van der Waals surface area contributed by atoms with E-state index in [-0.39, 0.29) is 39.0 Å². The van der Waals surface area contributed by atoms with Crippen molar-refractivity contribution in [3.8, 4) is 45.6 Å². The minimum absolute atomic E-state index is 0. The summed E-state index contributed by atoms with van der Waals surface area (Å²) in [5.41, 5.74) is 42.7. The fourth-order valence-corrected chi connectivity index (χ4v) is 13.0. The molecule has 13 aromatic heterocycles. The van der Waals surface area contributed by atoms with E-state index in [0.29, 0.717) is 0 Å². The zero-order valence-electron chi connectivity index (χ0n) is 64.5. The van der Waals surface area contributed by atoms with Crippen LogP contribution in [0, 0.1) is 166 Å². The topological polar surface area (TPSA) is 180 Å². The fourth-order valence-electron chi connectivity index (χ4n) is 13.0. The Morgan fingerprint density at radius 2 is 0.298 bits per heavy atom. The van der Waals surface area contributed by atoms with E-state index in [4.69, 9.17) is 49.8 Å². The minimum Gasteiger partial charge on any atom is -0.254 e. The van der Waals surface area contributed by atoms with Gasteiger partial charge in [0.2, 0.25) is 0 Å². The second-order valence-corrected chi connectivity index (χ2v) is 27.7. The number of nitrogens with zero attached hydrogens (tertiary/aromatic N) is 14. The third-order valence-corrected chi connectivity index (χ3v) is 19.7. The van der Waals surface area contributed by atoms with Crippen LogP contribution in [0.5, 0.6) is 0 Å². The molecule has 526 valence electrons. The van der Waals surface area contributed by atoms with Gasteiger partial charge in [-0.2, -0.15) is 0 Å². The first-order chi connectivity index (χ1) is 48.5. The van der Waals surface area contributed by atoms with Gasteiger partial charge >= 0.3 is 39.0 Å². The number of fused-ring (bicyclic) bond motifs is 12. The summed E-state index contributed by atoms with van der Waals surface area (Å²) in [7, 11) is 0. The van der Waals surface area contributed by atoms with Crippen LogP contribution in [0.15, 0.2) is 122 Å². The summed E-state index contributed by atoms with van der Waals surface area (Å²) in [6.45, 7) is 50.0. The molecule has 15 aromatic rings. The van der Waals surface area contributed by atoms with Crippen LogP contribution >= 0.6 is 0 Å². The molecule has 0 bridgehead atoms. The van der Waals surface area contributed by atoms with E-state index in [1.807, 2.05) is 48.5 Å². The Hall–Kier alpha value is -9.87. The Bertz CT molecular complexity index is 4920. The summed E-state index contributed by atoms with van der Waals surface area (Å²) < 4.78 is 0. The largest absolute Gasteiger partial charge is 2.00 e. The third kappa shape index (κ3) is 16.1. The van der Waals surface area contributed by atoms with Crippen molar-refractivity contribution in [1.29, 1.82) is 0 Å². The van der Waals surface area contributed by atoms with Gasteiger partial charge in [-0.05, 0) is 304 Å². The number of aromatic nitrogens is 14. The summed E-state index contributed by atoms with van der Waals surface area (Å²) >= 11 is 0. The normalized spacial score (nSPS) is 10.9. The van der Waals surface area contributed by atoms with Crippen LogP contribution in [0.25, 0.3) is 111 Å². The Kier molecular flexibility index (Phi) is 24.4. The van der Waals surface area contributed by atoms with Gasteiger partial charge in [0.15, 0.2) is 0 Å². The zero-order valence-corrected chi connectivity index (χ0v) is 68.0. The molecule has 0 spiro atoms. The molecule has 16 heteroatoms. The van der Waals surface area contributed by atoms with Crippen LogP contribution in [-0.4, -0.2) is 69.8 Å². The first kappa shape index (κ1) is 78.3. The third-order valence-electron chi connectivity index (χ3n) is 19.7. The molecular weight excluding hydrogens is 1460 g/mol. The molecule has 0 saturated carbocycles. The van der Waals surface area contributed by atoms with E-state index < -0.39 is 0 Å². The Labute approximate surface area is 638 Å². The number of benzene rings is 2. The molecule has 15 rings (SSSR count). The Morgan fingerprint density at radius 3 is 0.433 bits per heavy atom. The molecule has 0 aliphatic rings. The zero-order chi connectivity index (χ0) is 73.4. The summed E-state index contributed by atoms with van der Waals surface area (Å²) in [5.74, 6) is 0. The number of pyridine rings is 12. The van der Waals surface area contributed by atoms with E-state index in [1.54, 1.807) is 24.8 Å². The predicted octanol–water partition coefficient (Wildman–Crippen LogP) is 20.9.